The zero-order valence-electron chi connectivity index (χ0n) is 16.4. The molecule has 0 unspecified atom stereocenters. The van der Waals surface area contributed by atoms with Crippen LogP contribution in [0.2, 0.25) is 0 Å². The zero-order valence-corrected chi connectivity index (χ0v) is 21.3. The summed E-state index contributed by atoms with van der Waals surface area (Å²) in [5.74, 6) is 1.25. The normalized spacial score (nSPS) is 10.6. The molecule has 0 saturated carbocycles. The van der Waals surface area contributed by atoms with Crippen LogP contribution in [0.1, 0.15) is 11.1 Å². The van der Waals surface area contributed by atoms with Gasteiger partial charge in [-0.2, -0.15) is 0 Å². The number of phosphoric ester groups is 1. The summed E-state index contributed by atoms with van der Waals surface area (Å²) in [7, 11) is -3.48. The topological polar surface area (TPSA) is 108 Å². The molecule has 1 aromatic heterocycles. The van der Waals surface area contributed by atoms with Gasteiger partial charge in [-0.15, -0.1) is 0 Å². The van der Waals surface area contributed by atoms with Gasteiger partial charge in [0.2, 0.25) is 0 Å². The Balaban J connectivity index is 0.00000196. The molecule has 0 atom stereocenters. The number of benzene rings is 2. The third kappa shape index (κ3) is 5.95. The minimum Gasteiger partial charge on any atom is -0.780 e. The van der Waals surface area contributed by atoms with Crippen molar-refractivity contribution in [3.63, 3.8) is 0 Å². The van der Waals surface area contributed by atoms with Crippen molar-refractivity contribution in [3.05, 3.63) is 53.7 Å². The Hall–Kier alpha value is -0.600. The van der Waals surface area contributed by atoms with Crippen molar-refractivity contribution in [2.75, 3.05) is 7.11 Å². The number of phosphoric acid groups is 1. The number of aryl methyl sites for hydroxylation is 1. The van der Waals surface area contributed by atoms with E-state index in [0.29, 0.717) is 11.3 Å². The van der Waals surface area contributed by atoms with E-state index in [9.17, 15) is 14.4 Å². The van der Waals surface area contributed by atoms with Gasteiger partial charge in [-0.3, -0.25) is 0 Å². The predicted molar refractivity (Wildman–Crippen MR) is 91.6 cm³/mol. The molecule has 0 fully saturated rings. The molecular formula is C18H16NNa2O6P. The largest absolute Gasteiger partial charge is 1.00 e. The van der Waals surface area contributed by atoms with E-state index in [1.54, 1.807) is 25.4 Å². The fraction of sp³-hybridized carbons (Fsp3) is 0.167. The quantitative estimate of drug-likeness (QED) is 0.318. The molecule has 0 N–H and O–H groups in total. The molecule has 0 aliphatic rings. The Kier molecular flexibility index (Phi) is 9.48. The van der Waals surface area contributed by atoms with Crippen LogP contribution in [0.5, 0.6) is 11.5 Å². The maximum Gasteiger partial charge on any atom is 1.00 e. The molecule has 3 aromatic rings. The summed E-state index contributed by atoms with van der Waals surface area (Å²) in [6.45, 7) is 3.95. The summed E-state index contributed by atoms with van der Waals surface area (Å²) < 4.78 is 25.9. The summed E-state index contributed by atoms with van der Waals surface area (Å²) in [4.78, 5) is 21.4. The van der Waals surface area contributed by atoms with Crippen LogP contribution >= 0.6 is 7.82 Å². The number of nitrogens with zero attached hydrogens (tertiary/aromatic N) is 1. The van der Waals surface area contributed by atoms with Gasteiger partial charge >= 0.3 is 59.1 Å². The first-order valence-electron chi connectivity index (χ1n) is 7.71. The van der Waals surface area contributed by atoms with E-state index in [2.05, 4.69) is 9.68 Å². The molecule has 10 heteroatoms. The van der Waals surface area contributed by atoms with Gasteiger partial charge in [0.1, 0.15) is 19.3 Å². The van der Waals surface area contributed by atoms with E-state index in [4.69, 9.17) is 9.26 Å². The monoisotopic (exact) mass is 419 g/mol. The third-order valence-electron chi connectivity index (χ3n) is 4.05. The average Bonchev–Trinajstić information content (AvgIpc) is 3.06. The van der Waals surface area contributed by atoms with E-state index in [-0.39, 0.29) is 64.9 Å². The number of methoxy groups -OCH3 is 1. The Morgan fingerprint density at radius 2 is 1.68 bits per heavy atom. The number of hydrogen-bond acceptors (Lipinski definition) is 7. The average molecular weight is 419 g/mol. The number of hydrogen-bond donors (Lipinski definition) is 0. The van der Waals surface area contributed by atoms with Gasteiger partial charge in [0.25, 0.3) is 0 Å². The molecule has 0 aliphatic carbocycles. The molecule has 0 spiro atoms. The van der Waals surface area contributed by atoms with Crippen molar-refractivity contribution >= 4 is 7.82 Å². The molecule has 0 radical (unpaired) electrons. The number of aromatic nitrogens is 1. The van der Waals surface area contributed by atoms with Crippen LogP contribution < -0.4 is 78.2 Å². The molecule has 1 heterocycles. The molecule has 0 amide bonds. The Bertz CT molecular complexity index is 984. The fourth-order valence-electron chi connectivity index (χ4n) is 2.65. The van der Waals surface area contributed by atoms with Crippen molar-refractivity contribution in [1.29, 1.82) is 0 Å². The number of rotatable bonds is 5. The summed E-state index contributed by atoms with van der Waals surface area (Å²) in [6, 6.07) is 9.89. The van der Waals surface area contributed by atoms with E-state index >= 15 is 0 Å². The van der Waals surface area contributed by atoms with Crippen molar-refractivity contribution in [1.82, 2.24) is 5.16 Å². The van der Waals surface area contributed by atoms with Crippen LogP contribution in [-0.4, -0.2) is 12.3 Å². The zero-order chi connectivity index (χ0) is 18.9. The Morgan fingerprint density at radius 3 is 2.25 bits per heavy atom. The second-order valence-corrected chi connectivity index (χ2v) is 6.83. The first-order chi connectivity index (χ1) is 12.3. The second kappa shape index (κ2) is 10.4. The van der Waals surface area contributed by atoms with Gasteiger partial charge < -0.3 is 28.1 Å². The van der Waals surface area contributed by atoms with E-state index in [1.165, 1.54) is 12.1 Å². The summed E-state index contributed by atoms with van der Waals surface area (Å²) in [6.07, 6.45) is 1.57. The maximum absolute atomic E-state index is 10.7. The summed E-state index contributed by atoms with van der Waals surface area (Å²) in [5, 5.41) is 3.87. The molecule has 7 nitrogen and oxygen atoms in total. The van der Waals surface area contributed by atoms with Crippen molar-refractivity contribution < 1.29 is 87.3 Å². The molecule has 2 aromatic carbocycles. The molecule has 0 bridgehead atoms. The van der Waals surface area contributed by atoms with E-state index in [0.717, 1.165) is 28.0 Å². The van der Waals surface area contributed by atoms with Gasteiger partial charge in [-0.25, -0.2) is 0 Å². The number of ether oxygens (including phenoxy) is 1. The SMILES string of the molecule is COc1cc(-c2oncc2-c2ccc(OP(=O)([O-])[O-])cc2)cc(C)c1C.[Na+].[Na+]. The molecule has 0 aliphatic heterocycles. The van der Waals surface area contributed by atoms with Crippen LogP contribution in [-0.2, 0) is 4.57 Å². The van der Waals surface area contributed by atoms with Crippen molar-refractivity contribution in [2.24, 2.45) is 0 Å². The van der Waals surface area contributed by atoms with E-state index < -0.39 is 7.82 Å². The molecule has 3 rings (SSSR count). The van der Waals surface area contributed by atoms with Gasteiger partial charge in [0, 0.05) is 11.1 Å². The van der Waals surface area contributed by atoms with Crippen LogP contribution in [0, 0.1) is 13.8 Å². The Labute approximate surface area is 207 Å². The minimum absolute atomic E-state index is 0. The van der Waals surface area contributed by atoms with E-state index in [1.807, 2.05) is 26.0 Å². The Morgan fingerprint density at radius 1 is 1.04 bits per heavy atom. The van der Waals surface area contributed by atoms with Crippen LogP contribution in [0.4, 0.5) is 0 Å². The van der Waals surface area contributed by atoms with Crippen LogP contribution in [0.25, 0.3) is 22.5 Å². The maximum atomic E-state index is 10.7. The molecule has 0 saturated heterocycles. The third-order valence-corrected chi connectivity index (χ3v) is 4.49. The first kappa shape index (κ1) is 25.4. The summed E-state index contributed by atoms with van der Waals surface area (Å²) in [5.41, 5.74) is 4.35. The van der Waals surface area contributed by atoms with Gasteiger partial charge in [0.15, 0.2) is 5.76 Å². The fourth-order valence-corrected chi connectivity index (χ4v) is 3.03. The van der Waals surface area contributed by atoms with Crippen molar-refractivity contribution in [3.8, 4) is 33.9 Å². The summed E-state index contributed by atoms with van der Waals surface area (Å²) >= 11 is 0. The van der Waals surface area contributed by atoms with Gasteiger partial charge in [0.05, 0.1) is 13.3 Å². The standard InChI is InChI=1S/C18H18NO6P.2Na/c1-11-8-14(9-17(23-3)12(11)2)18-16(10-19-24-18)13-4-6-15(7-5-13)25-26(20,21)22;;/h4-10H,1-3H3,(H2,20,21,22);;/q;2*+1/p-2. The second-order valence-electron chi connectivity index (χ2n) is 5.75. The molecule has 28 heavy (non-hydrogen) atoms. The first-order valence-corrected chi connectivity index (χ1v) is 9.17. The van der Waals surface area contributed by atoms with Crippen molar-refractivity contribution in [2.45, 2.75) is 13.8 Å². The van der Waals surface area contributed by atoms with Gasteiger partial charge in [-0.05, 0) is 54.8 Å². The molecule has 136 valence electrons. The predicted octanol–water partition coefficient (Wildman–Crippen LogP) is -3.15. The smallest absolute Gasteiger partial charge is 0.780 e. The minimum atomic E-state index is -5.08. The molecular weight excluding hydrogens is 403 g/mol. The van der Waals surface area contributed by atoms with Crippen LogP contribution in [0.15, 0.2) is 47.1 Å². The van der Waals surface area contributed by atoms with Gasteiger partial charge in [-0.1, -0.05) is 17.3 Å². The van der Waals surface area contributed by atoms with Crippen LogP contribution in [0.3, 0.4) is 0 Å².